The van der Waals surface area contributed by atoms with Gasteiger partial charge in [0.1, 0.15) is 6.54 Å². The second-order valence-electron chi connectivity index (χ2n) is 4.53. The van der Waals surface area contributed by atoms with Crippen LogP contribution in [0.15, 0.2) is 24.9 Å². The molecular weight excluding hydrogens is 256 g/mol. The number of aryl methyl sites for hydroxylation is 1. The zero-order valence-electron chi connectivity index (χ0n) is 11.8. The first kappa shape index (κ1) is 14.1. The van der Waals surface area contributed by atoms with E-state index in [1.807, 2.05) is 18.7 Å². The number of nitrogens with one attached hydrogen (secondary N) is 2. The van der Waals surface area contributed by atoms with E-state index in [9.17, 15) is 4.79 Å². The predicted molar refractivity (Wildman–Crippen MR) is 76.1 cm³/mol. The minimum absolute atomic E-state index is 0.0688. The van der Waals surface area contributed by atoms with Crippen LogP contribution in [0.25, 0.3) is 0 Å². The van der Waals surface area contributed by atoms with Gasteiger partial charge < -0.3 is 15.2 Å². The van der Waals surface area contributed by atoms with Gasteiger partial charge in [0.25, 0.3) is 0 Å². The maximum Gasteiger partial charge on any atom is 0.241 e. The number of carbonyl (C=O) groups is 1. The fourth-order valence-electron chi connectivity index (χ4n) is 1.90. The standard InChI is InChI=1S/C13H20N6O/c1-3-4-18-10-15-6-12(18)7-16-11-5-17-19(8-11)9-13(20)14-2/h5-6,8,10,16H,3-4,7,9H2,1-2H3,(H,14,20). The van der Waals surface area contributed by atoms with Crippen LogP contribution in [-0.2, 0) is 24.4 Å². The molecule has 0 bridgehead atoms. The number of amides is 1. The summed E-state index contributed by atoms with van der Waals surface area (Å²) in [5, 5.41) is 9.98. The lowest BCUT2D eigenvalue weighted by Gasteiger charge is -2.07. The second-order valence-corrected chi connectivity index (χ2v) is 4.53. The molecule has 2 rings (SSSR count). The number of hydrogen-bond donors (Lipinski definition) is 2. The zero-order valence-corrected chi connectivity index (χ0v) is 11.8. The van der Waals surface area contributed by atoms with Crippen LogP contribution in [0.2, 0.25) is 0 Å². The molecule has 2 aromatic heterocycles. The van der Waals surface area contributed by atoms with Crippen LogP contribution in [0.1, 0.15) is 19.0 Å². The van der Waals surface area contributed by atoms with Gasteiger partial charge in [-0.1, -0.05) is 6.92 Å². The summed E-state index contributed by atoms with van der Waals surface area (Å²) < 4.78 is 3.73. The quantitative estimate of drug-likeness (QED) is 0.786. The first-order valence-electron chi connectivity index (χ1n) is 6.68. The summed E-state index contributed by atoms with van der Waals surface area (Å²) in [6, 6.07) is 0. The summed E-state index contributed by atoms with van der Waals surface area (Å²) in [5.41, 5.74) is 2.02. The molecule has 0 saturated carbocycles. The molecule has 0 spiro atoms. The summed E-state index contributed by atoms with van der Waals surface area (Å²) in [6.45, 7) is 4.02. The molecule has 0 atom stereocenters. The topological polar surface area (TPSA) is 76.8 Å². The molecule has 0 fully saturated rings. The number of rotatable bonds is 7. The van der Waals surface area contributed by atoms with E-state index in [0.29, 0.717) is 6.54 Å². The smallest absolute Gasteiger partial charge is 0.241 e. The van der Waals surface area contributed by atoms with Crippen molar-refractivity contribution >= 4 is 11.6 Å². The van der Waals surface area contributed by atoms with Crippen molar-refractivity contribution in [2.24, 2.45) is 0 Å². The first-order chi connectivity index (χ1) is 9.72. The molecule has 2 N–H and O–H groups in total. The van der Waals surface area contributed by atoms with Gasteiger partial charge in [-0.05, 0) is 6.42 Å². The summed E-state index contributed by atoms with van der Waals surface area (Å²) in [6.07, 6.45) is 8.31. The lowest BCUT2D eigenvalue weighted by molar-refractivity contribution is -0.121. The molecule has 2 aromatic rings. The molecule has 0 aliphatic carbocycles. The van der Waals surface area contributed by atoms with Crippen LogP contribution in [0.3, 0.4) is 0 Å². The summed E-state index contributed by atoms with van der Waals surface area (Å²) in [5.74, 6) is -0.0688. The molecule has 0 unspecified atom stereocenters. The third-order valence-corrected chi connectivity index (χ3v) is 2.95. The van der Waals surface area contributed by atoms with Crippen molar-refractivity contribution in [2.45, 2.75) is 33.0 Å². The van der Waals surface area contributed by atoms with E-state index in [1.54, 1.807) is 17.9 Å². The molecule has 0 aliphatic rings. The van der Waals surface area contributed by atoms with Gasteiger partial charge in [0.2, 0.25) is 5.91 Å². The Morgan fingerprint density at radius 3 is 3.00 bits per heavy atom. The van der Waals surface area contributed by atoms with Gasteiger partial charge in [0.05, 0.1) is 30.5 Å². The monoisotopic (exact) mass is 276 g/mol. The number of carbonyl (C=O) groups excluding carboxylic acids is 1. The van der Waals surface area contributed by atoms with Crippen molar-refractivity contribution in [2.75, 3.05) is 12.4 Å². The highest BCUT2D eigenvalue weighted by Crippen LogP contribution is 2.08. The van der Waals surface area contributed by atoms with Gasteiger partial charge in [-0.25, -0.2) is 4.98 Å². The molecule has 0 saturated heterocycles. The molecule has 20 heavy (non-hydrogen) atoms. The van der Waals surface area contributed by atoms with E-state index in [-0.39, 0.29) is 12.5 Å². The number of imidazole rings is 1. The van der Waals surface area contributed by atoms with Crippen LogP contribution in [-0.4, -0.2) is 32.3 Å². The second kappa shape index (κ2) is 6.74. The Morgan fingerprint density at radius 2 is 2.25 bits per heavy atom. The fraction of sp³-hybridized carbons (Fsp3) is 0.462. The molecular formula is C13H20N6O. The van der Waals surface area contributed by atoms with Crippen molar-refractivity contribution in [3.8, 4) is 0 Å². The highest BCUT2D eigenvalue weighted by atomic mass is 16.1. The molecule has 0 aromatic carbocycles. The van der Waals surface area contributed by atoms with E-state index >= 15 is 0 Å². The Morgan fingerprint density at radius 1 is 1.40 bits per heavy atom. The maximum absolute atomic E-state index is 11.2. The molecule has 108 valence electrons. The third-order valence-electron chi connectivity index (χ3n) is 2.95. The fourth-order valence-corrected chi connectivity index (χ4v) is 1.90. The maximum atomic E-state index is 11.2. The van der Waals surface area contributed by atoms with E-state index in [0.717, 1.165) is 24.3 Å². The Hall–Kier alpha value is -2.31. The minimum atomic E-state index is -0.0688. The van der Waals surface area contributed by atoms with Gasteiger partial charge in [-0.2, -0.15) is 5.10 Å². The predicted octanol–water partition coefficient (Wildman–Crippen LogP) is 0.848. The van der Waals surface area contributed by atoms with Crippen molar-refractivity contribution in [3.63, 3.8) is 0 Å². The summed E-state index contributed by atoms with van der Waals surface area (Å²) in [7, 11) is 1.61. The Labute approximate surface area is 118 Å². The van der Waals surface area contributed by atoms with Crippen LogP contribution in [0.4, 0.5) is 5.69 Å². The summed E-state index contributed by atoms with van der Waals surface area (Å²) >= 11 is 0. The van der Waals surface area contributed by atoms with Gasteiger partial charge in [0, 0.05) is 26.0 Å². The lowest BCUT2D eigenvalue weighted by atomic mass is 10.4. The summed E-state index contributed by atoms with van der Waals surface area (Å²) in [4.78, 5) is 15.4. The van der Waals surface area contributed by atoms with E-state index in [2.05, 4.69) is 32.2 Å². The van der Waals surface area contributed by atoms with Crippen LogP contribution in [0.5, 0.6) is 0 Å². The van der Waals surface area contributed by atoms with Crippen molar-refractivity contribution in [1.29, 1.82) is 0 Å². The number of nitrogens with zero attached hydrogens (tertiary/aromatic N) is 4. The Balaban J connectivity index is 1.90. The van der Waals surface area contributed by atoms with Gasteiger partial charge >= 0.3 is 0 Å². The van der Waals surface area contributed by atoms with Gasteiger partial charge in [0.15, 0.2) is 0 Å². The zero-order chi connectivity index (χ0) is 14.4. The van der Waals surface area contributed by atoms with Gasteiger partial charge in [-0.3, -0.25) is 9.48 Å². The number of likely N-dealkylation sites (N-methyl/N-ethyl adjacent to an activating group) is 1. The van der Waals surface area contributed by atoms with Crippen LogP contribution >= 0.6 is 0 Å². The molecule has 1 amide bonds. The molecule has 7 nitrogen and oxygen atoms in total. The SMILES string of the molecule is CCCn1cncc1CNc1cnn(CC(=O)NC)c1. The van der Waals surface area contributed by atoms with Gasteiger partial charge in [-0.15, -0.1) is 0 Å². The van der Waals surface area contributed by atoms with Crippen molar-refractivity contribution in [3.05, 3.63) is 30.6 Å². The molecule has 0 aliphatic heterocycles. The highest BCUT2D eigenvalue weighted by Gasteiger charge is 2.04. The first-order valence-corrected chi connectivity index (χ1v) is 6.68. The third kappa shape index (κ3) is 3.59. The number of aromatic nitrogens is 4. The average molecular weight is 276 g/mol. The lowest BCUT2D eigenvalue weighted by Crippen LogP contribution is -2.23. The number of anilines is 1. The van der Waals surface area contributed by atoms with E-state index in [4.69, 9.17) is 0 Å². The molecule has 2 heterocycles. The Kier molecular flexibility index (Phi) is 4.75. The molecule has 7 heteroatoms. The normalized spacial score (nSPS) is 10.5. The molecule has 0 radical (unpaired) electrons. The van der Waals surface area contributed by atoms with E-state index in [1.165, 1.54) is 0 Å². The highest BCUT2D eigenvalue weighted by molar-refractivity contribution is 5.75. The van der Waals surface area contributed by atoms with E-state index < -0.39 is 0 Å². The van der Waals surface area contributed by atoms with Crippen molar-refractivity contribution in [1.82, 2.24) is 24.6 Å². The Bertz CT molecular complexity index is 559. The van der Waals surface area contributed by atoms with Crippen LogP contribution < -0.4 is 10.6 Å². The average Bonchev–Trinajstić information content (AvgIpc) is 3.06. The minimum Gasteiger partial charge on any atom is -0.377 e. The van der Waals surface area contributed by atoms with Crippen LogP contribution in [0, 0.1) is 0 Å². The number of hydrogen-bond acceptors (Lipinski definition) is 4. The van der Waals surface area contributed by atoms with Crippen molar-refractivity contribution < 1.29 is 4.79 Å². The largest absolute Gasteiger partial charge is 0.377 e.